The fourth-order valence-corrected chi connectivity index (χ4v) is 3.70. The summed E-state index contributed by atoms with van der Waals surface area (Å²) in [6.45, 7) is 3.32. The number of halogens is 2. The number of rotatable bonds is 7. The molecule has 1 atom stereocenters. The summed E-state index contributed by atoms with van der Waals surface area (Å²) in [5, 5.41) is 10.5. The molecule has 0 spiro atoms. The molecule has 3 nitrogen and oxygen atoms in total. The molecular formula is C21H25Cl2NO2. The van der Waals surface area contributed by atoms with E-state index in [4.69, 9.17) is 27.9 Å². The number of hydrogen-bond acceptors (Lipinski definition) is 3. The Bertz CT molecular complexity index is 688. The van der Waals surface area contributed by atoms with E-state index in [9.17, 15) is 5.11 Å². The highest BCUT2D eigenvalue weighted by Gasteiger charge is 2.21. The van der Waals surface area contributed by atoms with Crippen LogP contribution in [0.15, 0.2) is 48.5 Å². The zero-order chi connectivity index (χ0) is 18.4. The topological polar surface area (TPSA) is 32.7 Å². The van der Waals surface area contributed by atoms with Gasteiger partial charge in [-0.15, -0.1) is 0 Å². The summed E-state index contributed by atoms with van der Waals surface area (Å²) in [6.07, 6.45) is 2.92. The van der Waals surface area contributed by atoms with Crippen molar-refractivity contribution in [2.45, 2.75) is 25.4 Å². The molecule has 1 saturated heterocycles. The number of benzene rings is 2. The first kappa shape index (κ1) is 19.5. The second kappa shape index (κ2) is 9.61. The van der Waals surface area contributed by atoms with Gasteiger partial charge >= 0.3 is 0 Å². The molecule has 0 aliphatic carbocycles. The van der Waals surface area contributed by atoms with E-state index in [0.29, 0.717) is 28.3 Å². The van der Waals surface area contributed by atoms with Crippen LogP contribution in [0.2, 0.25) is 10.0 Å². The Morgan fingerprint density at radius 2 is 1.81 bits per heavy atom. The summed E-state index contributed by atoms with van der Waals surface area (Å²) < 4.78 is 6.26. The van der Waals surface area contributed by atoms with Crippen LogP contribution in [0.1, 0.15) is 30.9 Å². The lowest BCUT2D eigenvalue weighted by Gasteiger charge is -2.32. The van der Waals surface area contributed by atoms with Gasteiger partial charge in [0.05, 0.1) is 5.02 Å². The molecule has 0 aromatic heterocycles. The average Bonchev–Trinajstić information content (AvgIpc) is 2.69. The van der Waals surface area contributed by atoms with E-state index in [1.807, 2.05) is 18.2 Å². The highest BCUT2D eigenvalue weighted by atomic mass is 35.5. The predicted octanol–water partition coefficient (Wildman–Crippen LogP) is 5.21. The molecule has 1 heterocycles. The minimum Gasteiger partial charge on any atom is -0.484 e. The average molecular weight is 394 g/mol. The third-order valence-electron chi connectivity index (χ3n) is 5.01. The largest absolute Gasteiger partial charge is 0.484 e. The van der Waals surface area contributed by atoms with Gasteiger partial charge in [0.1, 0.15) is 11.9 Å². The van der Waals surface area contributed by atoms with E-state index >= 15 is 0 Å². The first-order chi connectivity index (χ1) is 12.7. The van der Waals surface area contributed by atoms with Gasteiger partial charge in [-0.25, -0.2) is 0 Å². The maximum absolute atomic E-state index is 9.29. The fourth-order valence-electron chi connectivity index (χ4n) is 3.37. The van der Waals surface area contributed by atoms with Gasteiger partial charge in [0.25, 0.3) is 0 Å². The molecule has 5 heteroatoms. The van der Waals surface area contributed by atoms with Crippen molar-refractivity contribution in [2.24, 2.45) is 5.92 Å². The first-order valence-electron chi connectivity index (χ1n) is 9.15. The lowest BCUT2D eigenvalue weighted by Crippen LogP contribution is -2.36. The number of hydrogen-bond donors (Lipinski definition) is 1. The van der Waals surface area contributed by atoms with Crippen LogP contribution in [-0.4, -0.2) is 36.2 Å². The van der Waals surface area contributed by atoms with Gasteiger partial charge in [-0.2, -0.15) is 0 Å². The van der Waals surface area contributed by atoms with E-state index in [0.717, 1.165) is 44.5 Å². The maximum atomic E-state index is 9.29. The summed E-state index contributed by atoms with van der Waals surface area (Å²) in [7, 11) is 0. The highest BCUT2D eigenvalue weighted by Crippen LogP contribution is 2.33. The van der Waals surface area contributed by atoms with Gasteiger partial charge in [0, 0.05) is 30.7 Å². The van der Waals surface area contributed by atoms with Crippen LogP contribution >= 0.6 is 23.2 Å². The third-order valence-corrected chi connectivity index (χ3v) is 5.55. The number of aliphatic hydroxyl groups is 1. The van der Waals surface area contributed by atoms with Crippen LogP contribution in [0.4, 0.5) is 0 Å². The lowest BCUT2D eigenvalue weighted by molar-refractivity contribution is 0.112. The van der Waals surface area contributed by atoms with Crippen molar-refractivity contribution < 1.29 is 9.84 Å². The van der Waals surface area contributed by atoms with Gasteiger partial charge in [-0.05, 0) is 49.5 Å². The zero-order valence-corrected chi connectivity index (χ0v) is 16.3. The van der Waals surface area contributed by atoms with Crippen molar-refractivity contribution in [3.8, 4) is 5.75 Å². The number of nitrogens with zero attached hydrogens (tertiary/aromatic N) is 1. The minimum absolute atomic E-state index is 0.0808. The summed E-state index contributed by atoms with van der Waals surface area (Å²) in [6, 6.07) is 15.5. The molecule has 2 aromatic rings. The Morgan fingerprint density at radius 3 is 2.50 bits per heavy atom. The smallest absolute Gasteiger partial charge is 0.140 e. The molecule has 140 valence electrons. The molecule has 0 bridgehead atoms. The van der Waals surface area contributed by atoms with Crippen molar-refractivity contribution in [1.29, 1.82) is 0 Å². The molecule has 26 heavy (non-hydrogen) atoms. The predicted molar refractivity (Wildman–Crippen MR) is 107 cm³/mol. The number of likely N-dealkylation sites (tertiary alicyclic amines) is 1. The van der Waals surface area contributed by atoms with Gasteiger partial charge in [-0.3, -0.25) is 0 Å². The van der Waals surface area contributed by atoms with Crippen LogP contribution < -0.4 is 4.74 Å². The Kier molecular flexibility index (Phi) is 7.21. The lowest BCUT2D eigenvalue weighted by atomic mass is 9.97. The quantitative estimate of drug-likeness (QED) is 0.700. The summed E-state index contributed by atoms with van der Waals surface area (Å²) in [5.41, 5.74) is 1.13. The molecular weight excluding hydrogens is 369 g/mol. The van der Waals surface area contributed by atoms with E-state index in [1.165, 1.54) is 0 Å². The molecule has 1 N–H and O–H groups in total. The molecule has 0 amide bonds. The number of aliphatic hydroxyl groups excluding tert-OH is 1. The molecule has 3 rings (SSSR count). The highest BCUT2D eigenvalue weighted by molar-refractivity contribution is 6.34. The maximum Gasteiger partial charge on any atom is 0.140 e. The molecule has 1 unspecified atom stereocenters. The minimum atomic E-state index is -0.0808. The Balaban J connectivity index is 1.67. The molecule has 0 saturated carbocycles. The van der Waals surface area contributed by atoms with E-state index in [1.54, 1.807) is 18.2 Å². The molecule has 0 radical (unpaired) electrons. The summed E-state index contributed by atoms with van der Waals surface area (Å²) in [4.78, 5) is 2.45. The van der Waals surface area contributed by atoms with Crippen molar-refractivity contribution in [2.75, 3.05) is 26.2 Å². The Morgan fingerprint density at radius 1 is 1.08 bits per heavy atom. The Labute approximate surface area is 165 Å². The number of ether oxygens (including phenoxy) is 1. The van der Waals surface area contributed by atoms with Crippen molar-refractivity contribution in [3.63, 3.8) is 0 Å². The third kappa shape index (κ3) is 5.37. The van der Waals surface area contributed by atoms with E-state index in [2.05, 4.69) is 17.0 Å². The molecule has 1 fully saturated rings. The molecule has 2 aromatic carbocycles. The van der Waals surface area contributed by atoms with E-state index in [-0.39, 0.29) is 6.10 Å². The van der Waals surface area contributed by atoms with Crippen LogP contribution in [0.5, 0.6) is 5.75 Å². The summed E-state index contributed by atoms with van der Waals surface area (Å²) in [5.74, 6) is 1.07. The van der Waals surface area contributed by atoms with Crippen LogP contribution in [0, 0.1) is 5.92 Å². The molecule has 1 aliphatic heterocycles. The van der Waals surface area contributed by atoms with E-state index < -0.39 is 0 Å². The summed E-state index contributed by atoms with van der Waals surface area (Å²) >= 11 is 12.4. The van der Waals surface area contributed by atoms with Crippen molar-refractivity contribution >= 4 is 23.2 Å². The molecule has 1 aliphatic rings. The SMILES string of the molecule is OCC1CCN(CCC(Oc2cc(Cl)ccc2Cl)c2ccccc2)CC1. The monoisotopic (exact) mass is 393 g/mol. The van der Waals surface area contributed by atoms with Gasteiger partial charge in [0.2, 0.25) is 0 Å². The number of piperidine rings is 1. The second-order valence-electron chi connectivity index (χ2n) is 6.85. The van der Waals surface area contributed by atoms with Crippen molar-refractivity contribution in [1.82, 2.24) is 4.90 Å². The Hall–Kier alpha value is -1.26. The zero-order valence-electron chi connectivity index (χ0n) is 14.8. The van der Waals surface area contributed by atoms with Crippen LogP contribution in [0.25, 0.3) is 0 Å². The second-order valence-corrected chi connectivity index (χ2v) is 7.69. The van der Waals surface area contributed by atoms with Crippen LogP contribution in [-0.2, 0) is 0 Å². The van der Waals surface area contributed by atoms with Gasteiger partial charge < -0.3 is 14.7 Å². The van der Waals surface area contributed by atoms with Gasteiger partial charge in [-0.1, -0.05) is 53.5 Å². The first-order valence-corrected chi connectivity index (χ1v) is 9.91. The van der Waals surface area contributed by atoms with Gasteiger partial charge in [0.15, 0.2) is 0 Å². The van der Waals surface area contributed by atoms with Crippen LogP contribution in [0.3, 0.4) is 0 Å². The normalized spacial score (nSPS) is 17.2. The standard InChI is InChI=1S/C21H25Cl2NO2/c22-18-6-7-19(23)21(14-18)26-20(17-4-2-1-3-5-17)10-13-24-11-8-16(15-25)9-12-24/h1-7,14,16,20,25H,8-13,15H2. The van der Waals surface area contributed by atoms with Crippen molar-refractivity contribution in [3.05, 3.63) is 64.1 Å². The fraction of sp³-hybridized carbons (Fsp3) is 0.429.